The van der Waals surface area contributed by atoms with Gasteiger partial charge in [-0.05, 0) is 32.1 Å². The van der Waals surface area contributed by atoms with Crippen molar-refractivity contribution in [3.63, 3.8) is 0 Å². The first kappa shape index (κ1) is 14.7. The second-order valence-electron chi connectivity index (χ2n) is 6.12. The normalized spacial score (nSPS) is 38.7. The third kappa shape index (κ3) is 2.50. The van der Waals surface area contributed by atoms with Gasteiger partial charge in [-0.15, -0.1) is 0 Å². The Morgan fingerprint density at radius 2 is 2.11 bits per heavy atom. The van der Waals surface area contributed by atoms with Gasteiger partial charge in [-0.2, -0.15) is 0 Å². The van der Waals surface area contributed by atoms with Crippen LogP contribution >= 0.6 is 12.2 Å². The zero-order valence-corrected chi connectivity index (χ0v) is 12.8. The minimum absolute atomic E-state index is 0.0904. The number of amides is 1. The van der Waals surface area contributed by atoms with E-state index in [0.29, 0.717) is 24.1 Å². The average Bonchev–Trinajstić information content (AvgIpc) is 2.33. The first-order chi connectivity index (χ1) is 8.90. The first-order valence-electron chi connectivity index (χ1n) is 7.13. The fourth-order valence-corrected chi connectivity index (χ4v) is 3.57. The van der Waals surface area contributed by atoms with Crippen LogP contribution in [-0.2, 0) is 9.53 Å². The van der Waals surface area contributed by atoms with Crippen molar-refractivity contribution in [2.45, 2.75) is 52.2 Å². The predicted octanol–water partition coefficient (Wildman–Crippen LogP) is 1.71. The molecule has 1 aliphatic carbocycles. The lowest BCUT2D eigenvalue weighted by Gasteiger charge is -2.49. The van der Waals surface area contributed by atoms with Crippen LogP contribution in [0.3, 0.4) is 0 Å². The Morgan fingerprint density at radius 1 is 1.47 bits per heavy atom. The molecule has 1 saturated carbocycles. The highest BCUT2D eigenvalue weighted by Gasteiger charge is 2.53. The maximum Gasteiger partial charge on any atom is 0.236 e. The smallest absolute Gasteiger partial charge is 0.236 e. The van der Waals surface area contributed by atoms with E-state index in [1.165, 1.54) is 0 Å². The lowest BCUT2D eigenvalue weighted by atomic mass is 9.61. The molecule has 1 aliphatic heterocycles. The van der Waals surface area contributed by atoms with E-state index in [0.717, 1.165) is 19.3 Å². The van der Waals surface area contributed by atoms with Gasteiger partial charge in [-0.25, -0.2) is 0 Å². The van der Waals surface area contributed by atoms with Gasteiger partial charge in [0, 0.05) is 6.54 Å². The van der Waals surface area contributed by atoms with Gasteiger partial charge in [0.05, 0.1) is 29.2 Å². The lowest BCUT2D eigenvalue weighted by Crippen LogP contribution is -2.62. The minimum atomic E-state index is -0.584. The van der Waals surface area contributed by atoms with Crippen molar-refractivity contribution < 1.29 is 9.53 Å². The molecule has 5 heteroatoms. The number of hydrogen-bond acceptors (Lipinski definition) is 3. The Kier molecular flexibility index (Phi) is 4.16. The van der Waals surface area contributed by atoms with Gasteiger partial charge in [0.1, 0.15) is 0 Å². The van der Waals surface area contributed by atoms with Gasteiger partial charge in [-0.3, -0.25) is 4.79 Å². The highest BCUT2D eigenvalue weighted by Crippen LogP contribution is 2.47. The molecule has 0 spiro atoms. The second kappa shape index (κ2) is 5.37. The van der Waals surface area contributed by atoms with Crippen LogP contribution in [0.15, 0.2) is 0 Å². The lowest BCUT2D eigenvalue weighted by molar-refractivity contribution is -0.157. The highest BCUT2D eigenvalue weighted by atomic mass is 32.1. The van der Waals surface area contributed by atoms with Crippen LogP contribution in [0.5, 0.6) is 0 Å². The zero-order chi connectivity index (χ0) is 14.2. The van der Waals surface area contributed by atoms with Crippen molar-refractivity contribution in [3.05, 3.63) is 0 Å². The maximum absolute atomic E-state index is 12.9. The Hall–Kier alpha value is -0.680. The van der Waals surface area contributed by atoms with E-state index in [1.807, 2.05) is 11.8 Å². The van der Waals surface area contributed by atoms with E-state index in [2.05, 4.69) is 13.8 Å². The monoisotopic (exact) mass is 284 g/mol. The molecule has 19 heavy (non-hydrogen) atoms. The molecule has 2 N–H and O–H groups in total. The largest absolute Gasteiger partial charge is 0.392 e. The number of morpholine rings is 1. The summed E-state index contributed by atoms with van der Waals surface area (Å²) in [5, 5.41) is 0. The molecule has 2 atom stereocenters. The fraction of sp³-hybridized carbons (Fsp3) is 0.857. The maximum atomic E-state index is 12.9. The molecule has 2 unspecified atom stereocenters. The summed E-state index contributed by atoms with van der Waals surface area (Å²) in [7, 11) is 0. The van der Waals surface area contributed by atoms with Crippen molar-refractivity contribution in [1.29, 1.82) is 0 Å². The quantitative estimate of drug-likeness (QED) is 0.802. The van der Waals surface area contributed by atoms with Crippen LogP contribution < -0.4 is 5.73 Å². The molecule has 0 aromatic heterocycles. The van der Waals surface area contributed by atoms with Gasteiger partial charge >= 0.3 is 0 Å². The van der Waals surface area contributed by atoms with E-state index in [-0.39, 0.29) is 18.1 Å². The second-order valence-corrected chi connectivity index (χ2v) is 6.56. The summed E-state index contributed by atoms with van der Waals surface area (Å²) in [4.78, 5) is 15.2. The minimum Gasteiger partial charge on any atom is -0.392 e. The van der Waals surface area contributed by atoms with Gasteiger partial charge < -0.3 is 15.4 Å². The molecule has 4 nitrogen and oxygen atoms in total. The molecule has 0 bridgehead atoms. The fourth-order valence-electron chi connectivity index (χ4n) is 3.32. The van der Waals surface area contributed by atoms with E-state index in [4.69, 9.17) is 22.7 Å². The van der Waals surface area contributed by atoms with Crippen molar-refractivity contribution in [1.82, 2.24) is 4.90 Å². The third-order valence-electron chi connectivity index (χ3n) is 4.47. The van der Waals surface area contributed by atoms with Crippen molar-refractivity contribution >= 4 is 23.1 Å². The van der Waals surface area contributed by atoms with Crippen molar-refractivity contribution in [2.24, 2.45) is 17.1 Å². The Bertz CT molecular complexity index is 380. The number of nitrogens with two attached hydrogens (primary N) is 1. The number of thiocarbonyl (C=S) groups is 1. The van der Waals surface area contributed by atoms with Crippen LogP contribution in [0.4, 0.5) is 0 Å². The Morgan fingerprint density at radius 3 is 2.58 bits per heavy atom. The van der Waals surface area contributed by atoms with Gasteiger partial charge in [0.15, 0.2) is 0 Å². The zero-order valence-electron chi connectivity index (χ0n) is 12.0. The number of carbonyl (C=O) groups excluding carboxylic acids is 1. The summed E-state index contributed by atoms with van der Waals surface area (Å²) in [6.45, 7) is 7.50. The number of rotatable bonds is 3. The molecule has 0 aromatic rings. The molecule has 2 fully saturated rings. The van der Waals surface area contributed by atoms with E-state index in [1.54, 1.807) is 0 Å². The Labute approximate surface area is 120 Å². The standard InChI is InChI=1S/C14H24N2O2S/c1-4-11-8-18-10(3)7-16(11)13(17)14(12(15)19)5-9(2)6-14/h9-11H,4-8H2,1-3H3,(H2,15,19). The molecule has 108 valence electrons. The van der Waals surface area contributed by atoms with E-state index >= 15 is 0 Å². The van der Waals surface area contributed by atoms with Gasteiger partial charge in [0.2, 0.25) is 5.91 Å². The summed E-state index contributed by atoms with van der Waals surface area (Å²) in [5.41, 5.74) is 5.29. The van der Waals surface area contributed by atoms with Gasteiger partial charge in [0.25, 0.3) is 0 Å². The summed E-state index contributed by atoms with van der Waals surface area (Å²) >= 11 is 5.18. The molecule has 0 radical (unpaired) electrons. The van der Waals surface area contributed by atoms with Crippen LogP contribution in [-0.4, -0.2) is 41.1 Å². The number of carbonyl (C=O) groups is 1. The predicted molar refractivity (Wildman–Crippen MR) is 78.8 cm³/mol. The van der Waals surface area contributed by atoms with Crippen LogP contribution in [0.1, 0.15) is 40.0 Å². The first-order valence-corrected chi connectivity index (χ1v) is 7.54. The summed E-state index contributed by atoms with van der Waals surface area (Å²) in [5.74, 6) is 0.657. The molecule has 1 amide bonds. The number of nitrogens with zero attached hydrogens (tertiary/aromatic N) is 1. The molecular formula is C14H24N2O2S. The molecule has 0 aromatic carbocycles. The molecule has 1 saturated heterocycles. The molecule has 1 heterocycles. The SMILES string of the molecule is CCC1COC(C)CN1C(=O)C1(C(N)=S)CC(C)C1. The van der Waals surface area contributed by atoms with E-state index in [9.17, 15) is 4.79 Å². The number of hydrogen-bond donors (Lipinski definition) is 1. The topological polar surface area (TPSA) is 55.6 Å². The highest BCUT2D eigenvalue weighted by molar-refractivity contribution is 7.80. The van der Waals surface area contributed by atoms with Crippen LogP contribution in [0, 0.1) is 11.3 Å². The molecular weight excluding hydrogens is 260 g/mol. The van der Waals surface area contributed by atoms with Crippen molar-refractivity contribution in [3.8, 4) is 0 Å². The van der Waals surface area contributed by atoms with Crippen LogP contribution in [0.2, 0.25) is 0 Å². The summed E-state index contributed by atoms with van der Waals surface area (Å²) in [6, 6.07) is 0.158. The third-order valence-corrected chi connectivity index (χ3v) is 4.87. The van der Waals surface area contributed by atoms with Crippen LogP contribution in [0.25, 0.3) is 0 Å². The van der Waals surface area contributed by atoms with E-state index < -0.39 is 5.41 Å². The average molecular weight is 284 g/mol. The Balaban J connectivity index is 2.18. The number of ether oxygens (including phenoxy) is 1. The molecule has 2 rings (SSSR count). The summed E-state index contributed by atoms with van der Waals surface area (Å²) in [6.07, 6.45) is 2.58. The van der Waals surface area contributed by atoms with Crippen molar-refractivity contribution in [2.75, 3.05) is 13.2 Å². The molecule has 2 aliphatic rings. The summed E-state index contributed by atoms with van der Waals surface area (Å²) < 4.78 is 5.65. The van der Waals surface area contributed by atoms with Gasteiger partial charge in [-0.1, -0.05) is 26.1 Å².